The molecule has 1 aromatic heterocycles. The summed E-state index contributed by atoms with van der Waals surface area (Å²) in [6.45, 7) is 2.61. The van der Waals surface area contributed by atoms with Gasteiger partial charge in [0.15, 0.2) is 0 Å². The van der Waals surface area contributed by atoms with Gasteiger partial charge in [0.25, 0.3) is 0 Å². The van der Waals surface area contributed by atoms with Crippen LogP contribution < -0.4 is 10.6 Å². The van der Waals surface area contributed by atoms with Crippen LogP contribution in [0.15, 0.2) is 29.2 Å². The fraction of sp³-hybridized carbons (Fsp3) is 0.412. The Kier molecular flexibility index (Phi) is 5.23. The second-order valence-electron chi connectivity index (χ2n) is 5.63. The minimum atomic E-state index is -0.190. The summed E-state index contributed by atoms with van der Waals surface area (Å²) < 4.78 is 0. The van der Waals surface area contributed by atoms with E-state index in [2.05, 4.69) is 27.8 Å². The highest BCUT2D eigenvalue weighted by Crippen LogP contribution is 2.27. The molecule has 1 aliphatic rings. The minimum Gasteiger partial charge on any atom is -0.332 e. The summed E-state index contributed by atoms with van der Waals surface area (Å²) in [6, 6.07) is 7.71. The zero-order chi connectivity index (χ0) is 16.1. The molecule has 0 radical (unpaired) electrons. The molecule has 122 valence electrons. The van der Waals surface area contributed by atoms with Crippen molar-refractivity contribution in [3.05, 3.63) is 41.2 Å². The average molecular weight is 330 g/mol. The Bertz CT molecular complexity index is 683. The van der Waals surface area contributed by atoms with E-state index in [1.165, 1.54) is 17.7 Å². The van der Waals surface area contributed by atoms with Crippen LogP contribution in [0.25, 0.3) is 0 Å². The highest BCUT2D eigenvalue weighted by Gasteiger charge is 2.18. The van der Waals surface area contributed by atoms with Gasteiger partial charge in [-0.2, -0.15) is 5.10 Å². The largest absolute Gasteiger partial charge is 0.332 e. The molecule has 0 unspecified atom stereocenters. The molecule has 2 amide bonds. The highest BCUT2D eigenvalue weighted by molar-refractivity contribution is 7.99. The van der Waals surface area contributed by atoms with Crippen LogP contribution in [0, 0.1) is 0 Å². The van der Waals surface area contributed by atoms with Crippen LogP contribution in [0.3, 0.4) is 0 Å². The number of benzene rings is 1. The number of aromatic nitrogens is 2. The van der Waals surface area contributed by atoms with Crippen molar-refractivity contribution in [1.29, 1.82) is 0 Å². The maximum atomic E-state index is 12.2. The van der Waals surface area contributed by atoms with E-state index in [1.807, 2.05) is 24.3 Å². The van der Waals surface area contributed by atoms with Gasteiger partial charge in [-0.05, 0) is 49.1 Å². The molecule has 6 heteroatoms. The second kappa shape index (κ2) is 7.55. The zero-order valence-corrected chi connectivity index (χ0v) is 14.1. The molecule has 5 nitrogen and oxygen atoms in total. The van der Waals surface area contributed by atoms with Crippen molar-refractivity contribution in [3.8, 4) is 0 Å². The molecule has 0 atom stereocenters. The Morgan fingerprint density at radius 3 is 3.09 bits per heavy atom. The topological polar surface area (TPSA) is 69.8 Å². The average Bonchev–Trinajstić information content (AvgIpc) is 3.16. The number of amides is 2. The standard InChI is InChI=1S/C17H22N4OS/c1-2-10-23-16-9-4-3-7-14(16)19-17(22)18-11-15-12-6-5-8-13(12)20-21-15/h3-4,7,9H,2,5-6,8,10-11H2,1H3,(H,20,21)(H2,18,19,22). The Balaban J connectivity index is 1.57. The third-order valence-electron chi connectivity index (χ3n) is 3.91. The Morgan fingerprint density at radius 2 is 2.22 bits per heavy atom. The Labute approximate surface area is 140 Å². The van der Waals surface area contributed by atoms with Crippen molar-refractivity contribution in [3.63, 3.8) is 0 Å². The van der Waals surface area contributed by atoms with Crippen LogP contribution in [-0.4, -0.2) is 22.0 Å². The summed E-state index contributed by atoms with van der Waals surface area (Å²) in [7, 11) is 0. The Morgan fingerprint density at radius 1 is 1.35 bits per heavy atom. The number of nitrogens with zero attached hydrogens (tertiary/aromatic N) is 1. The van der Waals surface area contributed by atoms with Gasteiger partial charge in [-0.15, -0.1) is 11.8 Å². The first-order valence-electron chi connectivity index (χ1n) is 8.09. The fourth-order valence-electron chi connectivity index (χ4n) is 2.77. The van der Waals surface area contributed by atoms with E-state index in [0.29, 0.717) is 6.54 Å². The molecule has 23 heavy (non-hydrogen) atoms. The molecule has 0 saturated heterocycles. The lowest BCUT2D eigenvalue weighted by Gasteiger charge is -2.11. The summed E-state index contributed by atoms with van der Waals surface area (Å²) in [4.78, 5) is 13.3. The van der Waals surface area contributed by atoms with Gasteiger partial charge in [0.1, 0.15) is 0 Å². The number of hydrogen-bond acceptors (Lipinski definition) is 3. The zero-order valence-electron chi connectivity index (χ0n) is 13.3. The third-order valence-corrected chi connectivity index (χ3v) is 5.18. The number of para-hydroxylation sites is 1. The van der Waals surface area contributed by atoms with Gasteiger partial charge in [-0.25, -0.2) is 4.79 Å². The normalized spacial score (nSPS) is 12.9. The van der Waals surface area contributed by atoms with E-state index in [9.17, 15) is 4.79 Å². The molecule has 3 N–H and O–H groups in total. The van der Waals surface area contributed by atoms with E-state index < -0.39 is 0 Å². The van der Waals surface area contributed by atoms with Crippen molar-refractivity contribution in [2.45, 2.75) is 44.0 Å². The maximum absolute atomic E-state index is 12.2. The number of H-pyrrole nitrogens is 1. The molecule has 2 aromatic rings. The molecule has 1 aromatic carbocycles. The lowest BCUT2D eigenvalue weighted by molar-refractivity contribution is 0.251. The maximum Gasteiger partial charge on any atom is 0.319 e. The molecular formula is C17H22N4OS. The first-order chi connectivity index (χ1) is 11.3. The van der Waals surface area contributed by atoms with E-state index >= 15 is 0 Å². The van der Waals surface area contributed by atoms with Crippen LogP contribution >= 0.6 is 11.8 Å². The molecule has 0 spiro atoms. The summed E-state index contributed by atoms with van der Waals surface area (Å²) in [5.74, 6) is 1.04. The van der Waals surface area contributed by atoms with Gasteiger partial charge in [-0.1, -0.05) is 19.1 Å². The molecule has 0 saturated carbocycles. The predicted molar refractivity (Wildman–Crippen MR) is 93.9 cm³/mol. The monoisotopic (exact) mass is 330 g/mol. The molecule has 0 aliphatic heterocycles. The quantitative estimate of drug-likeness (QED) is 0.707. The SMILES string of the molecule is CCCSc1ccccc1NC(=O)NCc1n[nH]c2c1CCC2. The van der Waals surface area contributed by atoms with E-state index in [4.69, 9.17) is 0 Å². The van der Waals surface area contributed by atoms with Crippen LogP contribution in [-0.2, 0) is 19.4 Å². The third kappa shape index (κ3) is 3.88. The summed E-state index contributed by atoms with van der Waals surface area (Å²) in [5, 5.41) is 13.2. The van der Waals surface area contributed by atoms with Crippen LogP contribution in [0.1, 0.15) is 36.7 Å². The number of rotatable bonds is 6. The van der Waals surface area contributed by atoms with Crippen LogP contribution in [0.5, 0.6) is 0 Å². The van der Waals surface area contributed by atoms with Crippen LogP contribution in [0.2, 0.25) is 0 Å². The lowest BCUT2D eigenvalue weighted by Crippen LogP contribution is -2.28. The number of carbonyl (C=O) groups excluding carboxylic acids is 1. The fourth-order valence-corrected chi connectivity index (χ4v) is 3.65. The summed E-state index contributed by atoms with van der Waals surface area (Å²) in [6.07, 6.45) is 4.40. The number of carbonyl (C=O) groups is 1. The smallest absolute Gasteiger partial charge is 0.319 e. The predicted octanol–water partition coefficient (Wildman–Crippen LogP) is 3.72. The number of urea groups is 1. The molecule has 1 heterocycles. The van der Waals surface area contributed by atoms with E-state index in [0.717, 1.165) is 41.3 Å². The number of anilines is 1. The Hall–Kier alpha value is -1.95. The number of thioether (sulfide) groups is 1. The first-order valence-corrected chi connectivity index (χ1v) is 9.08. The van der Waals surface area contributed by atoms with Crippen molar-refractivity contribution >= 4 is 23.5 Å². The van der Waals surface area contributed by atoms with Crippen molar-refractivity contribution < 1.29 is 4.79 Å². The summed E-state index contributed by atoms with van der Waals surface area (Å²) in [5.41, 5.74) is 4.32. The number of nitrogens with one attached hydrogen (secondary N) is 3. The van der Waals surface area contributed by atoms with Crippen molar-refractivity contribution in [2.75, 3.05) is 11.1 Å². The summed E-state index contributed by atoms with van der Waals surface area (Å²) >= 11 is 1.76. The minimum absolute atomic E-state index is 0.190. The number of aromatic amines is 1. The highest BCUT2D eigenvalue weighted by atomic mass is 32.2. The van der Waals surface area contributed by atoms with Crippen LogP contribution in [0.4, 0.5) is 10.5 Å². The van der Waals surface area contributed by atoms with Gasteiger partial charge in [0.2, 0.25) is 0 Å². The first kappa shape index (κ1) is 15.9. The van der Waals surface area contributed by atoms with E-state index in [-0.39, 0.29) is 6.03 Å². The molecule has 1 aliphatic carbocycles. The molecule has 0 bridgehead atoms. The molecular weight excluding hydrogens is 308 g/mol. The van der Waals surface area contributed by atoms with Gasteiger partial charge < -0.3 is 10.6 Å². The van der Waals surface area contributed by atoms with Gasteiger partial charge in [-0.3, -0.25) is 5.10 Å². The van der Waals surface area contributed by atoms with Gasteiger partial charge in [0, 0.05) is 10.6 Å². The number of fused-ring (bicyclic) bond motifs is 1. The lowest BCUT2D eigenvalue weighted by atomic mass is 10.2. The van der Waals surface area contributed by atoms with Crippen molar-refractivity contribution in [1.82, 2.24) is 15.5 Å². The number of hydrogen-bond donors (Lipinski definition) is 3. The second-order valence-corrected chi connectivity index (χ2v) is 6.77. The van der Waals surface area contributed by atoms with Gasteiger partial charge in [0.05, 0.1) is 17.9 Å². The molecule has 3 rings (SSSR count). The molecule has 0 fully saturated rings. The van der Waals surface area contributed by atoms with E-state index in [1.54, 1.807) is 11.8 Å². The van der Waals surface area contributed by atoms with Crippen molar-refractivity contribution in [2.24, 2.45) is 0 Å². The van der Waals surface area contributed by atoms with Gasteiger partial charge >= 0.3 is 6.03 Å². The number of aryl methyl sites for hydroxylation is 1.